The molecule has 0 spiro atoms. The quantitative estimate of drug-likeness (QED) is 0.555. The molecule has 0 bridgehead atoms. The van der Waals surface area contributed by atoms with Crippen LogP contribution in [0.3, 0.4) is 0 Å². The van der Waals surface area contributed by atoms with Gasteiger partial charge in [-0.3, -0.25) is 5.41 Å². The van der Waals surface area contributed by atoms with Crippen LogP contribution in [0.15, 0.2) is 24.3 Å². The van der Waals surface area contributed by atoms with Crippen LogP contribution in [0.2, 0.25) is 0 Å². The highest BCUT2D eigenvalue weighted by Gasteiger charge is 2.06. The van der Waals surface area contributed by atoms with Crippen LogP contribution in [-0.2, 0) is 0 Å². The normalized spacial score (nSPS) is 9.57. The molecule has 0 unspecified atom stereocenters. The van der Waals surface area contributed by atoms with E-state index in [1.54, 1.807) is 37.1 Å². The predicted octanol–water partition coefficient (Wildman–Crippen LogP) is 1.82. The number of rotatable bonds is 2. The Morgan fingerprint density at radius 3 is 2.64 bits per heavy atom. The minimum atomic E-state index is -0.956. The fraction of sp³-hybridized carbons (Fsp3) is 0.200. The third-order valence-corrected chi connectivity index (χ3v) is 1.98. The molecule has 0 fully saturated rings. The van der Waals surface area contributed by atoms with Gasteiger partial charge in [-0.15, -0.1) is 0 Å². The summed E-state index contributed by atoms with van der Waals surface area (Å²) in [5, 5.41) is 16.2. The summed E-state index contributed by atoms with van der Waals surface area (Å²) in [6.07, 6.45) is 0. The van der Waals surface area contributed by atoms with E-state index in [2.05, 4.69) is 0 Å². The lowest BCUT2D eigenvalue weighted by Crippen LogP contribution is -2.22. The first kappa shape index (κ1) is 10.2. The maximum atomic E-state index is 10.7. The first-order valence-corrected chi connectivity index (χ1v) is 4.14. The zero-order valence-corrected chi connectivity index (χ0v) is 8.11. The molecule has 0 saturated carbocycles. The second-order valence-corrected chi connectivity index (χ2v) is 3.00. The van der Waals surface area contributed by atoms with E-state index in [9.17, 15) is 4.79 Å². The Morgan fingerprint density at radius 2 is 2.14 bits per heavy atom. The van der Waals surface area contributed by atoms with E-state index in [1.165, 1.54) is 6.07 Å². The van der Waals surface area contributed by atoms with Crippen molar-refractivity contribution in [2.45, 2.75) is 6.92 Å². The van der Waals surface area contributed by atoms with E-state index in [0.717, 1.165) is 0 Å². The van der Waals surface area contributed by atoms with Crippen molar-refractivity contribution >= 4 is 17.5 Å². The number of aromatic carboxylic acids is 1. The molecule has 0 aliphatic rings. The molecule has 1 rings (SSSR count). The molecule has 1 aromatic carbocycles. The van der Waals surface area contributed by atoms with Crippen LogP contribution in [0.1, 0.15) is 17.3 Å². The zero-order valence-electron chi connectivity index (χ0n) is 8.11. The Morgan fingerprint density at radius 1 is 1.50 bits per heavy atom. The number of benzene rings is 1. The molecule has 0 aliphatic carbocycles. The van der Waals surface area contributed by atoms with Gasteiger partial charge in [-0.05, 0) is 25.1 Å². The van der Waals surface area contributed by atoms with Gasteiger partial charge in [0.1, 0.15) is 0 Å². The van der Waals surface area contributed by atoms with Crippen LogP contribution >= 0.6 is 0 Å². The molecular weight excluding hydrogens is 180 g/mol. The summed E-state index contributed by atoms with van der Waals surface area (Å²) < 4.78 is 0. The summed E-state index contributed by atoms with van der Waals surface area (Å²) in [5.74, 6) is -0.588. The fourth-order valence-corrected chi connectivity index (χ4v) is 1.04. The number of hydrogen-bond donors (Lipinski definition) is 2. The largest absolute Gasteiger partial charge is 0.478 e. The van der Waals surface area contributed by atoms with Crippen molar-refractivity contribution in [2.75, 3.05) is 11.9 Å². The van der Waals surface area contributed by atoms with E-state index in [1.807, 2.05) is 0 Å². The van der Waals surface area contributed by atoms with Gasteiger partial charge >= 0.3 is 5.97 Å². The maximum Gasteiger partial charge on any atom is 0.335 e. The van der Waals surface area contributed by atoms with Gasteiger partial charge in [-0.25, -0.2) is 4.79 Å². The van der Waals surface area contributed by atoms with Crippen LogP contribution < -0.4 is 4.90 Å². The van der Waals surface area contributed by atoms with E-state index in [-0.39, 0.29) is 5.56 Å². The van der Waals surface area contributed by atoms with Crippen LogP contribution in [0, 0.1) is 5.41 Å². The third-order valence-electron chi connectivity index (χ3n) is 1.98. The van der Waals surface area contributed by atoms with Crippen molar-refractivity contribution < 1.29 is 9.90 Å². The number of nitrogens with zero attached hydrogens (tertiary/aromatic N) is 1. The zero-order chi connectivity index (χ0) is 10.7. The smallest absolute Gasteiger partial charge is 0.335 e. The summed E-state index contributed by atoms with van der Waals surface area (Å²) >= 11 is 0. The number of carboxylic acid groups (broad SMARTS) is 1. The number of nitrogens with one attached hydrogen (secondary N) is 1. The minimum Gasteiger partial charge on any atom is -0.478 e. The van der Waals surface area contributed by atoms with Gasteiger partial charge in [-0.1, -0.05) is 6.07 Å². The first-order valence-electron chi connectivity index (χ1n) is 4.14. The molecule has 0 saturated heterocycles. The number of amidine groups is 1. The molecule has 14 heavy (non-hydrogen) atoms. The highest BCUT2D eigenvalue weighted by atomic mass is 16.4. The van der Waals surface area contributed by atoms with Gasteiger partial charge in [0, 0.05) is 12.7 Å². The SMILES string of the molecule is CC(=N)N(C)c1cccc(C(=O)O)c1. The molecule has 0 aromatic heterocycles. The van der Waals surface area contributed by atoms with Gasteiger partial charge in [0.15, 0.2) is 0 Å². The standard InChI is InChI=1S/C10H12N2O2/c1-7(11)12(2)9-5-3-4-8(6-9)10(13)14/h3-6,11H,1-2H3,(H,13,14). The van der Waals surface area contributed by atoms with Crippen molar-refractivity contribution in [3.63, 3.8) is 0 Å². The highest BCUT2D eigenvalue weighted by molar-refractivity contribution is 5.95. The van der Waals surface area contributed by atoms with Crippen LogP contribution in [0.5, 0.6) is 0 Å². The van der Waals surface area contributed by atoms with Gasteiger partial charge in [0.05, 0.1) is 11.4 Å². The van der Waals surface area contributed by atoms with Crippen LogP contribution in [0.4, 0.5) is 5.69 Å². The van der Waals surface area contributed by atoms with E-state index in [0.29, 0.717) is 11.5 Å². The lowest BCUT2D eigenvalue weighted by molar-refractivity contribution is 0.0697. The lowest BCUT2D eigenvalue weighted by atomic mass is 10.2. The van der Waals surface area contributed by atoms with E-state index < -0.39 is 5.97 Å². The minimum absolute atomic E-state index is 0.232. The van der Waals surface area contributed by atoms with Crippen molar-refractivity contribution in [2.24, 2.45) is 0 Å². The van der Waals surface area contributed by atoms with Crippen molar-refractivity contribution in [3.05, 3.63) is 29.8 Å². The highest BCUT2D eigenvalue weighted by Crippen LogP contribution is 2.14. The van der Waals surface area contributed by atoms with Crippen LogP contribution in [0.25, 0.3) is 0 Å². The van der Waals surface area contributed by atoms with E-state index >= 15 is 0 Å². The Balaban J connectivity index is 3.05. The predicted molar refractivity (Wildman–Crippen MR) is 55.2 cm³/mol. The molecule has 74 valence electrons. The summed E-state index contributed by atoms with van der Waals surface area (Å²) in [6.45, 7) is 1.65. The number of carbonyl (C=O) groups is 1. The average molecular weight is 192 g/mol. The second kappa shape index (κ2) is 3.91. The molecular formula is C10H12N2O2. The molecule has 0 amide bonds. The number of carboxylic acids is 1. The molecule has 0 radical (unpaired) electrons. The summed E-state index contributed by atoms with van der Waals surface area (Å²) in [7, 11) is 1.73. The van der Waals surface area contributed by atoms with Gasteiger partial charge in [0.2, 0.25) is 0 Å². The number of anilines is 1. The van der Waals surface area contributed by atoms with Crippen molar-refractivity contribution in [1.82, 2.24) is 0 Å². The summed E-state index contributed by atoms with van der Waals surface area (Å²) in [5.41, 5.74) is 0.938. The molecule has 4 nitrogen and oxygen atoms in total. The third kappa shape index (κ3) is 2.10. The molecule has 1 aromatic rings. The van der Waals surface area contributed by atoms with Gasteiger partial charge < -0.3 is 10.0 Å². The Hall–Kier alpha value is -1.84. The first-order chi connectivity index (χ1) is 6.52. The molecule has 4 heteroatoms. The topological polar surface area (TPSA) is 64.4 Å². The fourth-order valence-electron chi connectivity index (χ4n) is 1.04. The average Bonchev–Trinajstić information content (AvgIpc) is 2.16. The van der Waals surface area contributed by atoms with Crippen molar-refractivity contribution in [1.29, 1.82) is 5.41 Å². The Bertz CT molecular complexity index is 374. The Labute approximate surface area is 82.3 Å². The van der Waals surface area contributed by atoms with E-state index in [4.69, 9.17) is 10.5 Å². The van der Waals surface area contributed by atoms with Gasteiger partial charge in [-0.2, -0.15) is 0 Å². The second-order valence-electron chi connectivity index (χ2n) is 3.00. The lowest BCUT2D eigenvalue weighted by Gasteiger charge is -2.17. The van der Waals surface area contributed by atoms with Crippen molar-refractivity contribution in [3.8, 4) is 0 Å². The molecule has 0 heterocycles. The maximum absolute atomic E-state index is 10.7. The molecule has 0 aliphatic heterocycles. The molecule has 2 N–H and O–H groups in total. The Kier molecular flexibility index (Phi) is 2.86. The molecule has 0 atom stereocenters. The van der Waals surface area contributed by atoms with Gasteiger partial charge in [0.25, 0.3) is 0 Å². The summed E-state index contributed by atoms with van der Waals surface area (Å²) in [6, 6.07) is 6.50. The number of hydrogen-bond acceptors (Lipinski definition) is 2. The summed E-state index contributed by atoms with van der Waals surface area (Å²) in [4.78, 5) is 12.3. The van der Waals surface area contributed by atoms with Crippen LogP contribution in [-0.4, -0.2) is 24.0 Å². The monoisotopic (exact) mass is 192 g/mol.